The Labute approximate surface area is 66.1 Å². The summed E-state index contributed by atoms with van der Waals surface area (Å²) in [5.41, 5.74) is 5.29. The molecule has 11 heavy (non-hydrogen) atoms. The van der Waals surface area contributed by atoms with Gasteiger partial charge in [0.15, 0.2) is 5.96 Å². The minimum absolute atomic E-state index is 0.0243. The molecular weight excluding hydrogens is 140 g/mol. The normalized spacial score (nSPS) is 24.3. The van der Waals surface area contributed by atoms with E-state index in [4.69, 9.17) is 16.4 Å². The van der Waals surface area contributed by atoms with Gasteiger partial charge in [-0.1, -0.05) is 0 Å². The molecule has 0 bridgehead atoms. The summed E-state index contributed by atoms with van der Waals surface area (Å²) in [6, 6.07) is 1.97. The number of nitriles is 1. The van der Waals surface area contributed by atoms with E-state index >= 15 is 0 Å². The zero-order chi connectivity index (χ0) is 8.27. The monoisotopic (exact) mass is 152 g/mol. The first-order valence-electron chi connectivity index (χ1n) is 3.76. The summed E-state index contributed by atoms with van der Waals surface area (Å²) in [6.45, 7) is 0.758. The number of nitrogens with two attached hydrogens (primary N) is 1. The molecule has 4 heteroatoms. The molecule has 1 aliphatic heterocycles. The Kier molecular flexibility index (Phi) is 2.32. The van der Waals surface area contributed by atoms with Crippen molar-refractivity contribution in [2.24, 2.45) is 5.73 Å². The topological polar surface area (TPSA) is 76.9 Å². The zero-order valence-electron chi connectivity index (χ0n) is 6.38. The van der Waals surface area contributed by atoms with Gasteiger partial charge in [0.1, 0.15) is 6.04 Å². The van der Waals surface area contributed by atoms with E-state index in [-0.39, 0.29) is 12.0 Å². The minimum atomic E-state index is -0.166. The van der Waals surface area contributed by atoms with Crippen LogP contribution in [-0.4, -0.2) is 23.4 Å². The van der Waals surface area contributed by atoms with Crippen LogP contribution in [0.5, 0.6) is 0 Å². The van der Waals surface area contributed by atoms with E-state index in [1.165, 1.54) is 0 Å². The molecule has 0 spiro atoms. The van der Waals surface area contributed by atoms with E-state index in [0.29, 0.717) is 0 Å². The fourth-order valence-electron chi connectivity index (χ4n) is 1.35. The van der Waals surface area contributed by atoms with E-state index in [9.17, 15) is 0 Å². The van der Waals surface area contributed by atoms with E-state index in [1.807, 2.05) is 0 Å². The van der Waals surface area contributed by atoms with Crippen LogP contribution in [0.2, 0.25) is 0 Å². The van der Waals surface area contributed by atoms with Crippen LogP contribution in [0, 0.1) is 16.7 Å². The largest absolute Gasteiger partial charge is 0.370 e. The molecule has 1 atom stereocenters. The highest BCUT2D eigenvalue weighted by molar-refractivity contribution is 5.75. The second kappa shape index (κ2) is 3.24. The Morgan fingerprint density at radius 1 is 1.64 bits per heavy atom. The van der Waals surface area contributed by atoms with E-state index in [1.54, 1.807) is 4.90 Å². The third-order valence-electron chi connectivity index (χ3n) is 1.96. The van der Waals surface area contributed by atoms with Crippen LogP contribution in [0.25, 0.3) is 0 Å². The van der Waals surface area contributed by atoms with Gasteiger partial charge in [0.05, 0.1) is 6.07 Å². The molecular formula is C7H12N4. The second-order valence-corrected chi connectivity index (χ2v) is 2.72. The van der Waals surface area contributed by atoms with Gasteiger partial charge in [-0.05, 0) is 19.3 Å². The average molecular weight is 152 g/mol. The van der Waals surface area contributed by atoms with Gasteiger partial charge in [-0.3, -0.25) is 5.41 Å². The average Bonchev–Trinajstić information content (AvgIpc) is 2.04. The third kappa shape index (κ3) is 1.61. The minimum Gasteiger partial charge on any atom is -0.370 e. The van der Waals surface area contributed by atoms with Gasteiger partial charge in [0.25, 0.3) is 0 Å². The lowest BCUT2D eigenvalue weighted by molar-refractivity contribution is 0.284. The number of piperidine rings is 1. The molecule has 0 radical (unpaired) electrons. The fourth-order valence-corrected chi connectivity index (χ4v) is 1.35. The Bertz CT molecular complexity index is 193. The summed E-state index contributed by atoms with van der Waals surface area (Å²) in [5.74, 6) is 0.0243. The number of hydrogen-bond acceptors (Lipinski definition) is 2. The first kappa shape index (κ1) is 7.86. The van der Waals surface area contributed by atoms with Crippen LogP contribution >= 0.6 is 0 Å². The van der Waals surface area contributed by atoms with E-state index < -0.39 is 0 Å². The fraction of sp³-hybridized carbons (Fsp3) is 0.714. The maximum absolute atomic E-state index is 8.67. The summed E-state index contributed by atoms with van der Waals surface area (Å²) >= 11 is 0. The quantitative estimate of drug-likeness (QED) is 0.386. The molecule has 1 saturated heterocycles. The predicted molar refractivity (Wildman–Crippen MR) is 41.9 cm³/mol. The first-order valence-corrected chi connectivity index (χ1v) is 3.76. The van der Waals surface area contributed by atoms with E-state index in [0.717, 1.165) is 25.8 Å². The Morgan fingerprint density at radius 3 is 2.82 bits per heavy atom. The summed E-state index contributed by atoms with van der Waals surface area (Å²) in [5, 5.41) is 15.8. The zero-order valence-corrected chi connectivity index (χ0v) is 6.38. The van der Waals surface area contributed by atoms with E-state index in [2.05, 4.69) is 6.07 Å². The highest BCUT2D eigenvalue weighted by atomic mass is 15.3. The van der Waals surface area contributed by atoms with Gasteiger partial charge in [-0.25, -0.2) is 0 Å². The molecule has 1 unspecified atom stereocenters. The van der Waals surface area contributed by atoms with Crippen molar-refractivity contribution in [2.75, 3.05) is 6.54 Å². The number of likely N-dealkylation sites (tertiary alicyclic amines) is 1. The summed E-state index contributed by atoms with van der Waals surface area (Å²) in [7, 11) is 0. The molecule has 60 valence electrons. The predicted octanol–water partition coefficient (Wildman–Crippen LogP) is 0.258. The van der Waals surface area contributed by atoms with Crippen LogP contribution in [0.4, 0.5) is 0 Å². The van der Waals surface area contributed by atoms with Crippen molar-refractivity contribution in [1.82, 2.24) is 4.90 Å². The van der Waals surface area contributed by atoms with Crippen LogP contribution in [-0.2, 0) is 0 Å². The third-order valence-corrected chi connectivity index (χ3v) is 1.96. The summed E-state index contributed by atoms with van der Waals surface area (Å²) in [6.07, 6.45) is 2.95. The smallest absolute Gasteiger partial charge is 0.189 e. The van der Waals surface area contributed by atoms with Crippen LogP contribution in [0.3, 0.4) is 0 Å². The maximum Gasteiger partial charge on any atom is 0.189 e. The lowest BCUT2D eigenvalue weighted by Crippen LogP contribution is -2.46. The molecule has 1 fully saturated rings. The number of nitrogens with one attached hydrogen (secondary N) is 1. The van der Waals surface area contributed by atoms with Gasteiger partial charge in [0.2, 0.25) is 0 Å². The SMILES string of the molecule is N#CC1CCCCN1C(=N)N. The van der Waals surface area contributed by atoms with Crippen LogP contribution in [0.15, 0.2) is 0 Å². The first-order chi connectivity index (χ1) is 5.25. The van der Waals surface area contributed by atoms with Crippen molar-refractivity contribution in [3.05, 3.63) is 0 Å². The highest BCUT2D eigenvalue weighted by Gasteiger charge is 2.22. The van der Waals surface area contributed by atoms with Gasteiger partial charge < -0.3 is 10.6 Å². The Morgan fingerprint density at radius 2 is 2.36 bits per heavy atom. The van der Waals surface area contributed by atoms with Crippen molar-refractivity contribution in [2.45, 2.75) is 25.3 Å². The number of nitrogens with zero attached hydrogens (tertiary/aromatic N) is 2. The number of rotatable bonds is 0. The molecule has 4 nitrogen and oxygen atoms in total. The molecule has 3 N–H and O–H groups in total. The standard InChI is InChI=1S/C7H12N4/c8-5-6-3-1-2-4-11(6)7(9)10/h6H,1-4H2,(H3,9,10). The van der Waals surface area contributed by atoms with Gasteiger partial charge >= 0.3 is 0 Å². The van der Waals surface area contributed by atoms with Crippen molar-refractivity contribution in [1.29, 1.82) is 10.7 Å². The van der Waals surface area contributed by atoms with Gasteiger partial charge in [0, 0.05) is 6.54 Å². The molecule has 1 heterocycles. The Balaban J connectivity index is 2.60. The number of guanidine groups is 1. The molecule has 0 aliphatic carbocycles. The lowest BCUT2D eigenvalue weighted by atomic mass is 10.0. The highest BCUT2D eigenvalue weighted by Crippen LogP contribution is 2.14. The molecule has 0 amide bonds. The molecule has 1 rings (SSSR count). The molecule has 1 aliphatic rings. The van der Waals surface area contributed by atoms with Crippen molar-refractivity contribution in [3.8, 4) is 6.07 Å². The van der Waals surface area contributed by atoms with Gasteiger partial charge in [-0.15, -0.1) is 0 Å². The summed E-state index contributed by atoms with van der Waals surface area (Å²) < 4.78 is 0. The van der Waals surface area contributed by atoms with Crippen molar-refractivity contribution in [3.63, 3.8) is 0 Å². The summed E-state index contributed by atoms with van der Waals surface area (Å²) in [4.78, 5) is 1.66. The van der Waals surface area contributed by atoms with Crippen LogP contribution < -0.4 is 5.73 Å². The maximum atomic E-state index is 8.67. The number of hydrogen-bond donors (Lipinski definition) is 2. The molecule has 0 aromatic carbocycles. The molecule has 0 saturated carbocycles. The lowest BCUT2D eigenvalue weighted by Gasteiger charge is -2.31. The molecule has 0 aromatic rings. The van der Waals surface area contributed by atoms with Crippen molar-refractivity contribution < 1.29 is 0 Å². The van der Waals surface area contributed by atoms with Crippen LogP contribution in [0.1, 0.15) is 19.3 Å². The second-order valence-electron chi connectivity index (χ2n) is 2.72. The molecule has 0 aromatic heterocycles. The van der Waals surface area contributed by atoms with Crippen molar-refractivity contribution >= 4 is 5.96 Å². The van der Waals surface area contributed by atoms with Gasteiger partial charge in [-0.2, -0.15) is 5.26 Å². The Hall–Kier alpha value is -1.24.